The van der Waals surface area contributed by atoms with Gasteiger partial charge in [0.25, 0.3) is 0 Å². The Hall–Kier alpha value is -2.05. The second-order valence-electron chi connectivity index (χ2n) is 3.64. The number of rotatable bonds is 3. The van der Waals surface area contributed by atoms with Crippen LogP contribution < -0.4 is 5.32 Å². The lowest BCUT2D eigenvalue weighted by Gasteiger charge is -2.10. The molecule has 0 unspecified atom stereocenters. The van der Waals surface area contributed by atoms with Crippen molar-refractivity contribution in [3.05, 3.63) is 47.3 Å². The maximum absolute atomic E-state index is 13.3. The molecule has 7 heteroatoms. The Labute approximate surface area is 100 Å². The van der Waals surface area contributed by atoms with Crippen LogP contribution in [0, 0.1) is 23.3 Å². The second kappa shape index (κ2) is 4.67. The van der Waals surface area contributed by atoms with E-state index in [4.69, 9.17) is 0 Å². The SMILES string of the molecule is Cn1nccc1CNc1c(F)c(F)cc(F)c1F. The van der Waals surface area contributed by atoms with Gasteiger partial charge >= 0.3 is 0 Å². The summed E-state index contributed by atoms with van der Waals surface area (Å²) in [4.78, 5) is 0. The molecule has 0 aliphatic heterocycles. The highest BCUT2D eigenvalue weighted by molar-refractivity contribution is 5.47. The molecular formula is C11H9F4N3. The highest BCUT2D eigenvalue weighted by Gasteiger charge is 2.18. The second-order valence-corrected chi connectivity index (χ2v) is 3.64. The van der Waals surface area contributed by atoms with Gasteiger partial charge in [0.15, 0.2) is 23.3 Å². The quantitative estimate of drug-likeness (QED) is 0.678. The van der Waals surface area contributed by atoms with E-state index in [1.807, 2.05) is 0 Å². The van der Waals surface area contributed by atoms with Crippen LogP contribution in [0.5, 0.6) is 0 Å². The molecule has 0 aliphatic carbocycles. The zero-order valence-electron chi connectivity index (χ0n) is 9.35. The molecule has 0 radical (unpaired) electrons. The van der Waals surface area contributed by atoms with E-state index in [-0.39, 0.29) is 12.6 Å². The highest BCUT2D eigenvalue weighted by atomic mass is 19.2. The number of hydrogen-bond acceptors (Lipinski definition) is 2. The van der Waals surface area contributed by atoms with Gasteiger partial charge in [-0.2, -0.15) is 5.10 Å². The molecule has 0 atom stereocenters. The van der Waals surface area contributed by atoms with Gasteiger partial charge < -0.3 is 5.32 Å². The Kier molecular flexibility index (Phi) is 3.22. The molecule has 1 N–H and O–H groups in total. The van der Waals surface area contributed by atoms with Gasteiger partial charge in [-0.1, -0.05) is 0 Å². The summed E-state index contributed by atoms with van der Waals surface area (Å²) >= 11 is 0. The van der Waals surface area contributed by atoms with Gasteiger partial charge in [-0.25, -0.2) is 17.6 Å². The summed E-state index contributed by atoms with van der Waals surface area (Å²) in [5.41, 5.74) is -0.216. The molecule has 2 aromatic rings. The zero-order chi connectivity index (χ0) is 13.3. The minimum Gasteiger partial charge on any atom is -0.374 e. The number of nitrogens with one attached hydrogen (secondary N) is 1. The largest absolute Gasteiger partial charge is 0.374 e. The maximum atomic E-state index is 13.3. The fraction of sp³-hybridized carbons (Fsp3) is 0.182. The topological polar surface area (TPSA) is 29.9 Å². The number of benzene rings is 1. The summed E-state index contributed by atoms with van der Waals surface area (Å²) in [6, 6.07) is 1.78. The molecule has 0 spiro atoms. The Balaban J connectivity index is 2.27. The monoisotopic (exact) mass is 259 g/mol. The average Bonchev–Trinajstić information content (AvgIpc) is 2.73. The normalized spacial score (nSPS) is 10.7. The van der Waals surface area contributed by atoms with Crippen LogP contribution >= 0.6 is 0 Å². The number of aromatic nitrogens is 2. The molecule has 1 aromatic carbocycles. The molecule has 1 heterocycles. The predicted molar refractivity (Wildman–Crippen MR) is 56.8 cm³/mol. The number of anilines is 1. The minimum absolute atomic E-state index is 0.00671. The van der Waals surface area contributed by atoms with Gasteiger partial charge in [0.1, 0.15) is 5.69 Å². The van der Waals surface area contributed by atoms with E-state index >= 15 is 0 Å². The van der Waals surface area contributed by atoms with Gasteiger partial charge in [0.2, 0.25) is 0 Å². The van der Waals surface area contributed by atoms with Crippen molar-refractivity contribution in [2.45, 2.75) is 6.54 Å². The Bertz CT molecular complexity index is 554. The smallest absolute Gasteiger partial charge is 0.185 e. The summed E-state index contributed by atoms with van der Waals surface area (Å²) in [5, 5.41) is 6.17. The number of nitrogens with zero attached hydrogens (tertiary/aromatic N) is 2. The zero-order valence-corrected chi connectivity index (χ0v) is 9.35. The standard InChI is InChI=1S/C11H9F4N3/c1-18-6(2-3-17-18)5-16-11-9(14)7(12)4-8(13)10(11)15/h2-4,16H,5H2,1H3. The summed E-state index contributed by atoms with van der Waals surface area (Å²) < 4.78 is 53.9. The van der Waals surface area contributed by atoms with Gasteiger partial charge in [-0.05, 0) is 6.07 Å². The van der Waals surface area contributed by atoms with E-state index < -0.39 is 29.0 Å². The molecule has 0 amide bonds. The van der Waals surface area contributed by atoms with Gasteiger partial charge in [0.05, 0.1) is 12.2 Å². The lowest BCUT2D eigenvalue weighted by molar-refractivity contribution is 0.458. The van der Waals surface area contributed by atoms with Crippen LogP contribution in [-0.4, -0.2) is 9.78 Å². The molecule has 0 bridgehead atoms. The fourth-order valence-corrected chi connectivity index (χ4v) is 1.48. The molecule has 96 valence electrons. The molecule has 0 fully saturated rings. The minimum atomic E-state index is -1.45. The molecule has 18 heavy (non-hydrogen) atoms. The average molecular weight is 259 g/mol. The first-order valence-electron chi connectivity index (χ1n) is 5.04. The van der Waals surface area contributed by atoms with Crippen LogP contribution in [-0.2, 0) is 13.6 Å². The van der Waals surface area contributed by atoms with Crippen LogP contribution in [0.4, 0.5) is 23.2 Å². The van der Waals surface area contributed by atoms with Crippen molar-refractivity contribution in [2.24, 2.45) is 7.05 Å². The Morgan fingerprint density at radius 1 is 1.17 bits per heavy atom. The highest BCUT2D eigenvalue weighted by Crippen LogP contribution is 2.24. The van der Waals surface area contributed by atoms with Crippen molar-refractivity contribution in [2.75, 3.05) is 5.32 Å². The summed E-state index contributed by atoms with van der Waals surface area (Å²) in [6.07, 6.45) is 1.50. The molecule has 2 rings (SSSR count). The molecular weight excluding hydrogens is 250 g/mol. The van der Waals surface area contributed by atoms with Crippen LogP contribution in [0.1, 0.15) is 5.69 Å². The van der Waals surface area contributed by atoms with Gasteiger partial charge in [0, 0.05) is 19.3 Å². The predicted octanol–water partition coefficient (Wildman–Crippen LogP) is 2.59. The summed E-state index contributed by atoms with van der Waals surface area (Å²) in [5.74, 6) is -5.78. The number of hydrogen-bond donors (Lipinski definition) is 1. The number of aryl methyl sites for hydroxylation is 1. The lowest BCUT2D eigenvalue weighted by Crippen LogP contribution is -2.10. The molecule has 1 aromatic heterocycles. The first-order valence-corrected chi connectivity index (χ1v) is 5.04. The van der Waals surface area contributed by atoms with E-state index in [0.717, 1.165) is 0 Å². The Morgan fingerprint density at radius 2 is 1.78 bits per heavy atom. The lowest BCUT2D eigenvalue weighted by atomic mass is 10.2. The molecule has 3 nitrogen and oxygen atoms in total. The van der Waals surface area contributed by atoms with Crippen molar-refractivity contribution < 1.29 is 17.6 Å². The summed E-state index contributed by atoms with van der Waals surface area (Å²) in [7, 11) is 1.63. The van der Waals surface area contributed by atoms with Crippen LogP contribution in [0.15, 0.2) is 18.3 Å². The van der Waals surface area contributed by atoms with Crippen LogP contribution in [0.25, 0.3) is 0 Å². The number of halogens is 4. The van der Waals surface area contributed by atoms with Crippen LogP contribution in [0.3, 0.4) is 0 Å². The molecule has 0 saturated heterocycles. The first kappa shape index (κ1) is 12.4. The third kappa shape index (κ3) is 2.15. The van der Waals surface area contributed by atoms with Crippen molar-refractivity contribution in [3.63, 3.8) is 0 Å². The van der Waals surface area contributed by atoms with Crippen molar-refractivity contribution in [1.29, 1.82) is 0 Å². The van der Waals surface area contributed by atoms with E-state index in [1.54, 1.807) is 13.1 Å². The van der Waals surface area contributed by atoms with Crippen molar-refractivity contribution in [3.8, 4) is 0 Å². The third-order valence-corrected chi connectivity index (χ3v) is 2.48. The van der Waals surface area contributed by atoms with Gasteiger partial charge in [-0.3, -0.25) is 4.68 Å². The van der Waals surface area contributed by atoms with Crippen molar-refractivity contribution in [1.82, 2.24) is 9.78 Å². The van der Waals surface area contributed by atoms with E-state index in [0.29, 0.717) is 5.69 Å². The van der Waals surface area contributed by atoms with E-state index in [1.165, 1.54) is 10.9 Å². The van der Waals surface area contributed by atoms with Crippen LogP contribution in [0.2, 0.25) is 0 Å². The van der Waals surface area contributed by atoms with Crippen molar-refractivity contribution >= 4 is 5.69 Å². The molecule has 0 saturated carbocycles. The maximum Gasteiger partial charge on any atom is 0.185 e. The summed E-state index contributed by atoms with van der Waals surface area (Å²) in [6.45, 7) is -0.00671. The van der Waals surface area contributed by atoms with E-state index in [9.17, 15) is 17.6 Å². The first-order chi connectivity index (χ1) is 8.50. The Morgan fingerprint density at radius 3 is 2.28 bits per heavy atom. The van der Waals surface area contributed by atoms with Gasteiger partial charge in [-0.15, -0.1) is 0 Å². The fourth-order valence-electron chi connectivity index (χ4n) is 1.48. The molecule has 0 aliphatic rings. The third-order valence-electron chi connectivity index (χ3n) is 2.48. The van der Waals surface area contributed by atoms with E-state index in [2.05, 4.69) is 10.4 Å².